The number of carbonyl (C=O) groups is 1. The Hall–Kier alpha value is -2.49. The van der Waals surface area contributed by atoms with Crippen molar-refractivity contribution in [1.29, 1.82) is 0 Å². The molecule has 0 unspecified atom stereocenters. The molecule has 0 fully saturated rings. The Labute approximate surface area is 118 Å². The predicted molar refractivity (Wildman–Crippen MR) is 79.6 cm³/mol. The molecule has 1 N–H and O–H groups in total. The third-order valence-electron chi connectivity index (χ3n) is 2.87. The molecule has 4 heteroatoms. The second-order valence-corrected chi connectivity index (χ2v) is 4.35. The van der Waals surface area contributed by atoms with Crippen LogP contribution in [0.1, 0.15) is 29.4 Å². The molecule has 0 spiro atoms. The van der Waals surface area contributed by atoms with Gasteiger partial charge in [-0.15, -0.1) is 0 Å². The van der Waals surface area contributed by atoms with E-state index in [4.69, 9.17) is 0 Å². The van der Waals surface area contributed by atoms with E-state index in [0.29, 0.717) is 5.69 Å². The van der Waals surface area contributed by atoms with E-state index in [1.807, 2.05) is 37.3 Å². The average molecular weight is 267 g/mol. The minimum atomic E-state index is -0.287. The van der Waals surface area contributed by atoms with Crippen molar-refractivity contribution in [2.75, 3.05) is 0 Å². The van der Waals surface area contributed by atoms with Gasteiger partial charge in [-0.2, -0.15) is 5.10 Å². The Bertz CT molecular complexity index is 579. The monoisotopic (exact) mass is 267 g/mol. The van der Waals surface area contributed by atoms with Crippen LogP contribution in [0.5, 0.6) is 0 Å². The van der Waals surface area contributed by atoms with Crippen LogP contribution in [0.3, 0.4) is 0 Å². The summed E-state index contributed by atoms with van der Waals surface area (Å²) >= 11 is 0. The average Bonchev–Trinajstić information content (AvgIpc) is 2.53. The molecule has 1 aromatic carbocycles. The topological polar surface area (TPSA) is 54.4 Å². The van der Waals surface area contributed by atoms with Crippen LogP contribution >= 0.6 is 0 Å². The van der Waals surface area contributed by atoms with Crippen LogP contribution in [-0.2, 0) is 6.42 Å². The van der Waals surface area contributed by atoms with Crippen molar-refractivity contribution in [3.8, 4) is 0 Å². The third-order valence-corrected chi connectivity index (χ3v) is 2.87. The summed E-state index contributed by atoms with van der Waals surface area (Å²) in [5.41, 5.74) is 5.04. The first-order chi connectivity index (χ1) is 9.79. The van der Waals surface area contributed by atoms with Gasteiger partial charge in [-0.1, -0.05) is 43.3 Å². The molecule has 0 bridgehead atoms. The predicted octanol–water partition coefficient (Wildman–Crippen LogP) is 2.82. The Morgan fingerprint density at radius 3 is 2.55 bits per heavy atom. The molecular weight excluding hydrogens is 250 g/mol. The fourth-order valence-corrected chi connectivity index (χ4v) is 1.76. The molecule has 0 saturated carbocycles. The van der Waals surface area contributed by atoms with Crippen molar-refractivity contribution in [3.63, 3.8) is 0 Å². The third kappa shape index (κ3) is 4.02. The number of nitrogens with zero attached hydrogens (tertiary/aromatic N) is 2. The number of hydrogen-bond donors (Lipinski definition) is 1. The summed E-state index contributed by atoms with van der Waals surface area (Å²) in [6.07, 6.45) is 3.11. The van der Waals surface area contributed by atoms with Gasteiger partial charge < -0.3 is 0 Å². The fraction of sp³-hybridized carbons (Fsp3) is 0.188. The van der Waals surface area contributed by atoms with Gasteiger partial charge >= 0.3 is 0 Å². The smallest absolute Gasteiger partial charge is 0.266 e. The molecule has 2 aromatic rings. The summed E-state index contributed by atoms with van der Waals surface area (Å²) in [6.45, 7) is 2.02. The van der Waals surface area contributed by atoms with E-state index < -0.39 is 0 Å². The van der Waals surface area contributed by atoms with Crippen LogP contribution in [0.15, 0.2) is 59.8 Å². The van der Waals surface area contributed by atoms with E-state index in [9.17, 15) is 4.79 Å². The zero-order valence-electron chi connectivity index (χ0n) is 11.4. The van der Waals surface area contributed by atoms with Crippen molar-refractivity contribution < 1.29 is 4.79 Å². The lowest BCUT2D eigenvalue weighted by atomic mass is 10.1. The maximum Gasteiger partial charge on any atom is 0.289 e. The van der Waals surface area contributed by atoms with Crippen molar-refractivity contribution >= 4 is 11.6 Å². The summed E-state index contributed by atoms with van der Waals surface area (Å²) in [4.78, 5) is 15.8. The first kappa shape index (κ1) is 13.9. The highest BCUT2D eigenvalue weighted by Gasteiger charge is 2.05. The summed E-state index contributed by atoms with van der Waals surface area (Å²) in [7, 11) is 0. The molecular formula is C16H17N3O. The van der Waals surface area contributed by atoms with Crippen molar-refractivity contribution in [3.05, 3.63) is 66.0 Å². The summed E-state index contributed by atoms with van der Waals surface area (Å²) in [5.74, 6) is -0.287. The molecule has 0 atom stereocenters. The molecule has 0 aliphatic carbocycles. The molecule has 1 aromatic heterocycles. The molecule has 20 heavy (non-hydrogen) atoms. The Morgan fingerprint density at radius 1 is 1.15 bits per heavy atom. The number of hydrazone groups is 1. The van der Waals surface area contributed by atoms with E-state index in [1.165, 1.54) is 5.56 Å². The molecule has 0 saturated heterocycles. The van der Waals surface area contributed by atoms with Gasteiger partial charge in [-0.25, -0.2) is 5.43 Å². The highest BCUT2D eigenvalue weighted by molar-refractivity contribution is 5.94. The number of rotatable bonds is 5. The summed E-state index contributed by atoms with van der Waals surface area (Å²) in [6, 6.07) is 15.3. The van der Waals surface area contributed by atoms with Crippen LogP contribution in [-0.4, -0.2) is 16.6 Å². The van der Waals surface area contributed by atoms with Gasteiger partial charge in [0.1, 0.15) is 5.69 Å². The number of benzene rings is 1. The lowest BCUT2D eigenvalue weighted by Crippen LogP contribution is -2.21. The standard InChI is InChI=1S/C16H17N3O/c1-2-14(12-13-8-4-3-5-9-13)18-19-16(20)15-10-6-7-11-17-15/h3-11H,2,12H2,1H3,(H,19,20). The highest BCUT2D eigenvalue weighted by Crippen LogP contribution is 2.03. The summed E-state index contributed by atoms with van der Waals surface area (Å²) < 4.78 is 0. The first-order valence-electron chi connectivity index (χ1n) is 6.60. The normalized spacial score (nSPS) is 11.2. The minimum absolute atomic E-state index is 0.287. The van der Waals surface area contributed by atoms with Gasteiger partial charge in [-0.05, 0) is 24.1 Å². The van der Waals surface area contributed by atoms with E-state index in [0.717, 1.165) is 18.6 Å². The molecule has 0 aliphatic heterocycles. The Kier molecular flexibility index (Phi) is 5.00. The molecule has 0 aliphatic rings. The fourth-order valence-electron chi connectivity index (χ4n) is 1.76. The molecule has 102 valence electrons. The van der Waals surface area contributed by atoms with Crippen LogP contribution in [0.2, 0.25) is 0 Å². The van der Waals surface area contributed by atoms with Crippen LogP contribution in [0, 0.1) is 0 Å². The quantitative estimate of drug-likeness (QED) is 0.669. The molecule has 1 amide bonds. The van der Waals surface area contributed by atoms with E-state index in [-0.39, 0.29) is 5.91 Å². The van der Waals surface area contributed by atoms with Crippen molar-refractivity contribution in [1.82, 2.24) is 10.4 Å². The number of hydrogen-bond acceptors (Lipinski definition) is 3. The van der Waals surface area contributed by atoms with E-state index in [2.05, 4.69) is 15.5 Å². The Balaban J connectivity index is 1.99. The van der Waals surface area contributed by atoms with E-state index >= 15 is 0 Å². The van der Waals surface area contributed by atoms with Crippen LogP contribution in [0.25, 0.3) is 0 Å². The van der Waals surface area contributed by atoms with Gasteiger partial charge in [-0.3, -0.25) is 9.78 Å². The highest BCUT2D eigenvalue weighted by atomic mass is 16.2. The number of aromatic nitrogens is 1. The van der Waals surface area contributed by atoms with Gasteiger partial charge in [0.15, 0.2) is 0 Å². The Morgan fingerprint density at radius 2 is 1.90 bits per heavy atom. The van der Waals surface area contributed by atoms with Gasteiger partial charge in [0.05, 0.1) is 0 Å². The second-order valence-electron chi connectivity index (χ2n) is 4.35. The molecule has 2 rings (SSSR count). The number of carbonyl (C=O) groups excluding carboxylic acids is 1. The van der Waals surface area contributed by atoms with Gasteiger partial charge in [0.25, 0.3) is 5.91 Å². The number of pyridine rings is 1. The molecule has 0 radical (unpaired) electrons. The summed E-state index contributed by atoms with van der Waals surface area (Å²) in [5, 5.41) is 4.19. The lowest BCUT2D eigenvalue weighted by Gasteiger charge is -2.05. The zero-order chi connectivity index (χ0) is 14.2. The van der Waals surface area contributed by atoms with Gasteiger partial charge in [0, 0.05) is 18.3 Å². The maximum absolute atomic E-state index is 11.8. The largest absolute Gasteiger partial charge is 0.289 e. The lowest BCUT2D eigenvalue weighted by molar-refractivity contribution is 0.0949. The van der Waals surface area contributed by atoms with Crippen molar-refractivity contribution in [2.24, 2.45) is 5.10 Å². The van der Waals surface area contributed by atoms with Crippen molar-refractivity contribution in [2.45, 2.75) is 19.8 Å². The molecule has 4 nitrogen and oxygen atoms in total. The van der Waals surface area contributed by atoms with Gasteiger partial charge in [0.2, 0.25) is 0 Å². The van der Waals surface area contributed by atoms with Crippen LogP contribution < -0.4 is 5.43 Å². The number of amides is 1. The van der Waals surface area contributed by atoms with Crippen LogP contribution in [0.4, 0.5) is 0 Å². The maximum atomic E-state index is 11.8. The minimum Gasteiger partial charge on any atom is -0.266 e. The van der Waals surface area contributed by atoms with E-state index in [1.54, 1.807) is 24.4 Å². The second kappa shape index (κ2) is 7.19. The SMILES string of the molecule is CCC(Cc1ccccc1)=NNC(=O)c1ccccn1. The zero-order valence-corrected chi connectivity index (χ0v) is 11.4. The first-order valence-corrected chi connectivity index (χ1v) is 6.60. The number of nitrogens with one attached hydrogen (secondary N) is 1. The molecule has 1 heterocycles.